The Bertz CT molecular complexity index is 577. The lowest BCUT2D eigenvalue weighted by Crippen LogP contribution is -2.07. The maximum Gasteiger partial charge on any atom is 0.180 e. The van der Waals surface area contributed by atoms with Crippen LogP contribution in [-0.4, -0.2) is 34.6 Å². The van der Waals surface area contributed by atoms with Gasteiger partial charge in [-0.15, -0.1) is 0 Å². The molecule has 2 rings (SSSR count). The predicted octanol–water partition coefficient (Wildman–Crippen LogP) is 3.38. The number of methoxy groups -OCH3 is 1. The predicted molar refractivity (Wildman–Crippen MR) is 86.5 cm³/mol. The van der Waals surface area contributed by atoms with Gasteiger partial charge in [0.15, 0.2) is 11.5 Å². The van der Waals surface area contributed by atoms with Crippen LogP contribution in [0.3, 0.4) is 0 Å². The second kappa shape index (κ2) is 8.42. The number of nitrogens with one attached hydrogen (secondary N) is 1. The number of nitrogens with zero attached hydrogens (tertiary/aromatic N) is 3. The Morgan fingerprint density at radius 3 is 3.05 bits per heavy atom. The monoisotopic (exact) mass is 288 g/mol. The van der Waals surface area contributed by atoms with Gasteiger partial charge in [0.2, 0.25) is 0 Å². The van der Waals surface area contributed by atoms with Crippen molar-refractivity contribution in [1.82, 2.24) is 14.4 Å². The van der Waals surface area contributed by atoms with Crippen LogP contribution in [-0.2, 0) is 4.74 Å². The number of rotatable bonds is 9. The smallest absolute Gasteiger partial charge is 0.180 e. The summed E-state index contributed by atoms with van der Waals surface area (Å²) in [6, 6.07) is 0. The topological polar surface area (TPSA) is 51.5 Å². The Kier molecular flexibility index (Phi) is 6.22. The molecule has 0 spiro atoms. The molecule has 0 aliphatic carbocycles. The third-order valence-electron chi connectivity index (χ3n) is 3.29. The van der Waals surface area contributed by atoms with Gasteiger partial charge in [-0.25, -0.2) is 9.97 Å². The third kappa shape index (κ3) is 4.29. The zero-order valence-corrected chi connectivity index (χ0v) is 12.9. The van der Waals surface area contributed by atoms with Crippen molar-refractivity contribution < 1.29 is 4.74 Å². The molecule has 0 aliphatic rings. The van der Waals surface area contributed by atoms with Gasteiger partial charge >= 0.3 is 0 Å². The van der Waals surface area contributed by atoms with Gasteiger partial charge in [-0.2, -0.15) is 0 Å². The van der Waals surface area contributed by atoms with E-state index in [-0.39, 0.29) is 0 Å². The Morgan fingerprint density at radius 2 is 2.24 bits per heavy atom. The molecule has 0 saturated heterocycles. The van der Waals surface area contributed by atoms with Crippen LogP contribution in [0.4, 0.5) is 5.82 Å². The minimum atomic E-state index is 0.746. The molecule has 0 bridgehead atoms. The van der Waals surface area contributed by atoms with E-state index in [0.717, 1.165) is 43.2 Å². The molecule has 114 valence electrons. The van der Waals surface area contributed by atoms with E-state index in [0.29, 0.717) is 0 Å². The first-order valence-electron chi connectivity index (χ1n) is 7.58. The van der Waals surface area contributed by atoms with Crippen molar-refractivity contribution in [2.45, 2.75) is 32.6 Å². The molecule has 0 saturated carbocycles. The van der Waals surface area contributed by atoms with Gasteiger partial charge in [0.1, 0.15) is 0 Å². The standard InChI is InChI=1S/C16H24N4O/c1-3-4-5-6-8-14-13-19-16-15(17-9-7-12-21-2)18-10-11-20(14)16/h6,8,10-11,13H,3-5,7,9,12H2,1-2H3,(H,17,18)/b8-6-. The van der Waals surface area contributed by atoms with Gasteiger partial charge in [0, 0.05) is 32.7 Å². The Morgan fingerprint density at radius 1 is 1.33 bits per heavy atom. The van der Waals surface area contributed by atoms with Gasteiger partial charge in [-0.1, -0.05) is 25.8 Å². The number of allylic oxidation sites excluding steroid dienone is 1. The number of imidazole rings is 1. The van der Waals surface area contributed by atoms with Gasteiger partial charge < -0.3 is 10.1 Å². The van der Waals surface area contributed by atoms with E-state index in [9.17, 15) is 0 Å². The molecule has 5 heteroatoms. The van der Waals surface area contributed by atoms with Crippen molar-refractivity contribution in [3.05, 3.63) is 30.4 Å². The number of unbranched alkanes of at least 4 members (excludes halogenated alkanes) is 2. The van der Waals surface area contributed by atoms with E-state index >= 15 is 0 Å². The number of ether oxygens (including phenoxy) is 1. The van der Waals surface area contributed by atoms with Crippen LogP contribution in [0.25, 0.3) is 11.7 Å². The fourth-order valence-corrected chi connectivity index (χ4v) is 2.14. The van der Waals surface area contributed by atoms with Gasteiger partial charge in [-0.3, -0.25) is 4.40 Å². The summed E-state index contributed by atoms with van der Waals surface area (Å²) in [7, 11) is 1.71. The van der Waals surface area contributed by atoms with E-state index in [4.69, 9.17) is 4.74 Å². The molecular formula is C16H24N4O. The largest absolute Gasteiger partial charge is 0.385 e. The van der Waals surface area contributed by atoms with Crippen LogP contribution in [0, 0.1) is 0 Å². The molecule has 2 heterocycles. The highest BCUT2D eigenvalue weighted by atomic mass is 16.5. The van der Waals surface area contributed by atoms with Crippen molar-refractivity contribution in [2.24, 2.45) is 0 Å². The van der Waals surface area contributed by atoms with Crippen LogP contribution >= 0.6 is 0 Å². The van der Waals surface area contributed by atoms with Gasteiger partial charge in [0.25, 0.3) is 0 Å². The first kappa shape index (κ1) is 15.5. The minimum Gasteiger partial charge on any atom is -0.385 e. The molecule has 0 aliphatic heterocycles. The summed E-state index contributed by atoms with van der Waals surface area (Å²) in [5.74, 6) is 0.821. The summed E-state index contributed by atoms with van der Waals surface area (Å²) in [6.07, 6.45) is 14.5. The first-order valence-corrected chi connectivity index (χ1v) is 7.58. The molecule has 0 fully saturated rings. The maximum absolute atomic E-state index is 5.05. The molecule has 1 N–H and O–H groups in total. The van der Waals surface area contributed by atoms with E-state index in [1.54, 1.807) is 13.3 Å². The number of hydrogen-bond donors (Lipinski definition) is 1. The summed E-state index contributed by atoms with van der Waals surface area (Å²) < 4.78 is 7.11. The zero-order chi connectivity index (χ0) is 14.9. The second-order valence-corrected chi connectivity index (χ2v) is 4.97. The summed E-state index contributed by atoms with van der Waals surface area (Å²) in [5, 5.41) is 3.31. The van der Waals surface area contributed by atoms with Crippen LogP contribution in [0.2, 0.25) is 0 Å². The van der Waals surface area contributed by atoms with Crippen LogP contribution < -0.4 is 5.32 Å². The Labute approximate surface area is 126 Å². The summed E-state index contributed by atoms with van der Waals surface area (Å²) >= 11 is 0. The number of anilines is 1. The van der Waals surface area contributed by atoms with E-state index in [1.165, 1.54) is 12.8 Å². The quantitative estimate of drug-likeness (QED) is 0.719. The molecule has 21 heavy (non-hydrogen) atoms. The lowest BCUT2D eigenvalue weighted by molar-refractivity contribution is 0.198. The number of fused-ring (bicyclic) bond motifs is 1. The fourth-order valence-electron chi connectivity index (χ4n) is 2.14. The first-order chi connectivity index (χ1) is 10.4. The summed E-state index contributed by atoms with van der Waals surface area (Å²) in [4.78, 5) is 8.84. The van der Waals surface area contributed by atoms with E-state index in [2.05, 4.69) is 38.8 Å². The summed E-state index contributed by atoms with van der Waals surface area (Å²) in [5.41, 5.74) is 1.95. The molecule has 2 aromatic rings. The third-order valence-corrected chi connectivity index (χ3v) is 3.29. The van der Waals surface area contributed by atoms with Crippen molar-refractivity contribution in [3.8, 4) is 0 Å². The molecule has 0 radical (unpaired) electrons. The maximum atomic E-state index is 5.05. The zero-order valence-electron chi connectivity index (χ0n) is 12.9. The van der Waals surface area contributed by atoms with Crippen LogP contribution in [0.15, 0.2) is 24.7 Å². The average Bonchev–Trinajstić information content (AvgIpc) is 2.92. The molecule has 0 amide bonds. The molecule has 2 aromatic heterocycles. The number of hydrogen-bond acceptors (Lipinski definition) is 4. The van der Waals surface area contributed by atoms with Crippen molar-refractivity contribution in [3.63, 3.8) is 0 Å². The lowest BCUT2D eigenvalue weighted by atomic mass is 10.2. The van der Waals surface area contributed by atoms with Crippen molar-refractivity contribution >= 4 is 17.5 Å². The molecule has 0 atom stereocenters. The normalized spacial score (nSPS) is 11.5. The Hall–Kier alpha value is -1.88. The van der Waals surface area contributed by atoms with Crippen LogP contribution in [0.5, 0.6) is 0 Å². The van der Waals surface area contributed by atoms with E-state index in [1.807, 2.05) is 12.4 Å². The second-order valence-electron chi connectivity index (χ2n) is 4.97. The fraction of sp³-hybridized carbons (Fsp3) is 0.500. The SMILES string of the molecule is CCCC/C=C\c1cnc2c(NCCCOC)nccn12. The van der Waals surface area contributed by atoms with Crippen molar-refractivity contribution in [1.29, 1.82) is 0 Å². The van der Waals surface area contributed by atoms with Gasteiger partial charge in [0.05, 0.1) is 11.9 Å². The van der Waals surface area contributed by atoms with Crippen LogP contribution in [0.1, 0.15) is 38.3 Å². The molecule has 0 unspecified atom stereocenters. The summed E-state index contributed by atoms with van der Waals surface area (Å²) in [6.45, 7) is 3.78. The van der Waals surface area contributed by atoms with Crippen molar-refractivity contribution in [2.75, 3.05) is 25.6 Å². The highest BCUT2D eigenvalue weighted by Crippen LogP contribution is 2.15. The average molecular weight is 288 g/mol. The highest BCUT2D eigenvalue weighted by Gasteiger charge is 2.06. The van der Waals surface area contributed by atoms with E-state index < -0.39 is 0 Å². The molecular weight excluding hydrogens is 264 g/mol. The minimum absolute atomic E-state index is 0.746. The Balaban J connectivity index is 2.07. The number of aromatic nitrogens is 3. The molecule has 5 nitrogen and oxygen atoms in total. The lowest BCUT2D eigenvalue weighted by Gasteiger charge is -2.06. The molecule has 0 aromatic carbocycles. The highest BCUT2D eigenvalue weighted by molar-refractivity contribution is 5.65. The van der Waals surface area contributed by atoms with Gasteiger partial charge in [-0.05, 0) is 18.9 Å².